The molecular weight excluding hydrogens is 370 g/mol. The van der Waals surface area contributed by atoms with Crippen molar-refractivity contribution in [3.05, 3.63) is 48.0 Å². The van der Waals surface area contributed by atoms with Crippen LogP contribution in [-0.2, 0) is 9.59 Å². The molecule has 2 aromatic carbocycles. The molecular formula is C22H23N3O4. The highest BCUT2D eigenvalue weighted by molar-refractivity contribution is 6.22. The van der Waals surface area contributed by atoms with Gasteiger partial charge >= 0.3 is 0 Å². The predicted molar refractivity (Wildman–Crippen MR) is 108 cm³/mol. The number of aryl methyl sites for hydroxylation is 1. The maximum absolute atomic E-state index is 13.0. The summed E-state index contributed by atoms with van der Waals surface area (Å²) < 4.78 is 10.9. The van der Waals surface area contributed by atoms with Crippen LogP contribution < -0.4 is 19.3 Å². The van der Waals surface area contributed by atoms with E-state index in [1.54, 1.807) is 0 Å². The van der Waals surface area contributed by atoms with E-state index in [9.17, 15) is 9.59 Å². The highest BCUT2D eigenvalue weighted by atomic mass is 16.7. The van der Waals surface area contributed by atoms with Gasteiger partial charge in [-0.1, -0.05) is 12.1 Å². The number of carbonyl (C=O) groups is 2. The van der Waals surface area contributed by atoms with Crippen molar-refractivity contribution in [1.29, 1.82) is 0 Å². The van der Waals surface area contributed by atoms with Gasteiger partial charge in [0, 0.05) is 37.9 Å². The number of carbonyl (C=O) groups excluding carboxylic acids is 2. The molecule has 1 atom stereocenters. The molecule has 0 saturated carbocycles. The Bertz CT molecular complexity index is 968. The van der Waals surface area contributed by atoms with Crippen molar-refractivity contribution < 1.29 is 19.1 Å². The number of rotatable bonds is 3. The fourth-order valence-corrected chi connectivity index (χ4v) is 4.31. The number of imide groups is 1. The van der Waals surface area contributed by atoms with Crippen LogP contribution in [0.15, 0.2) is 42.5 Å². The number of nitrogens with zero attached hydrogens (tertiary/aromatic N) is 3. The molecule has 0 aromatic heterocycles. The van der Waals surface area contributed by atoms with Crippen LogP contribution in [0.4, 0.5) is 11.4 Å². The topological polar surface area (TPSA) is 62.3 Å². The second-order valence-electron chi connectivity index (χ2n) is 7.69. The molecule has 0 spiro atoms. The minimum atomic E-state index is -0.373. The maximum Gasteiger partial charge on any atom is 0.251 e. The van der Waals surface area contributed by atoms with E-state index in [4.69, 9.17) is 9.47 Å². The Morgan fingerprint density at radius 3 is 2.48 bits per heavy atom. The van der Waals surface area contributed by atoms with Gasteiger partial charge in [0.1, 0.15) is 0 Å². The molecule has 29 heavy (non-hydrogen) atoms. The minimum Gasteiger partial charge on any atom is -0.454 e. The SMILES string of the molecule is Cc1cccc(N2C(=O)C[C@@H](N3CCN(c4ccc5c(c4)OCO5)CC3)C2=O)c1. The molecule has 2 aromatic rings. The summed E-state index contributed by atoms with van der Waals surface area (Å²) >= 11 is 0. The van der Waals surface area contributed by atoms with E-state index in [2.05, 4.69) is 9.80 Å². The van der Waals surface area contributed by atoms with Crippen LogP contribution in [-0.4, -0.2) is 55.7 Å². The van der Waals surface area contributed by atoms with Crippen LogP contribution in [0.2, 0.25) is 0 Å². The lowest BCUT2D eigenvalue weighted by molar-refractivity contribution is -0.123. The van der Waals surface area contributed by atoms with Crippen LogP contribution in [0.3, 0.4) is 0 Å². The smallest absolute Gasteiger partial charge is 0.251 e. The summed E-state index contributed by atoms with van der Waals surface area (Å²) in [6.07, 6.45) is 0.247. The molecule has 3 heterocycles. The lowest BCUT2D eigenvalue weighted by Crippen LogP contribution is -2.52. The van der Waals surface area contributed by atoms with Crippen molar-refractivity contribution >= 4 is 23.2 Å². The second kappa shape index (κ2) is 7.08. The number of hydrogen-bond acceptors (Lipinski definition) is 6. The van der Waals surface area contributed by atoms with E-state index in [0.717, 1.165) is 48.9 Å². The molecule has 7 heteroatoms. The molecule has 0 N–H and O–H groups in total. The Labute approximate surface area is 169 Å². The molecule has 0 radical (unpaired) electrons. The normalized spacial score (nSPS) is 21.9. The zero-order valence-corrected chi connectivity index (χ0v) is 16.3. The Balaban J connectivity index is 1.26. The summed E-state index contributed by atoms with van der Waals surface area (Å²) in [4.78, 5) is 31.4. The van der Waals surface area contributed by atoms with Crippen molar-refractivity contribution in [2.75, 3.05) is 42.8 Å². The van der Waals surface area contributed by atoms with E-state index in [0.29, 0.717) is 5.69 Å². The number of piperazine rings is 1. The van der Waals surface area contributed by atoms with Crippen LogP contribution in [0.5, 0.6) is 11.5 Å². The van der Waals surface area contributed by atoms with Gasteiger partial charge in [-0.2, -0.15) is 0 Å². The first-order valence-electron chi connectivity index (χ1n) is 9.92. The van der Waals surface area contributed by atoms with Crippen molar-refractivity contribution in [1.82, 2.24) is 4.90 Å². The fourth-order valence-electron chi connectivity index (χ4n) is 4.31. The molecule has 3 aliphatic heterocycles. The van der Waals surface area contributed by atoms with Gasteiger partial charge in [0.15, 0.2) is 11.5 Å². The van der Waals surface area contributed by atoms with Gasteiger partial charge in [-0.15, -0.1) is 0 Å². The third kappa shape index (κ3) is 3.21. The van der Waals surface area contributed by atoms with Crippen LogP contribution in [0.25, 0.3) is 0 Å². The van der Waals surface area contributed by atoms with Crippen molar-refractivity contribution in [2.45, 2.75) is 19.4 Å². The second-order valence-corrected chi connectivity index (χ2v) is 7.69. The number of benzene rings is 2. The largest absolute Gasteiger partial charge is 0.454 e. The molecule has 0 unspecified atom stereocenters. The minimum absolute atomic E-state index is 0.114. The van der Waals surface area contributed by atoms with E-state index >= 15 is 0 Å². The van der Waals surface area contributed by atoms with E-state index in [-0.39, 0.29) is 31.1 Å². The highest BCUT2D eigenvalue weighted by Crippen LogP contribution is 2.36. The third-order valence-corrected chi connectivity index (χ3v) is 5.86. The summed E-state index contributed by atoms with van der Waals surface area (Å²) in [6.45, 7) is 5.28. The van der Waals surface area contributed by atoms with Crippen molar-refractivity contribution in [2.24, 2.45) is 0 Å². The van der Waals surface area contributed by atoms with Crippen LogP contribution in [0, 0.1) is 6.92 Å². The van der Waals surface area contributed by atoms with Crippen LogP contribution >= 0.6 is 0 Å². The number of anilines is 2. The van der Waals surface area contributed by atoms with E-state index in [1.165, 1.54) is 4.90 Å². The Morgan fingerprint density at radius 2 is 1.69 bits per heavy atom. The van der Waals surface area contributed by atoms with Gasteiger partial charge in [0.25, 0.3) is 5.91 Å². The van der Waals surface area contributed by atoms with Gasteiger partial charge in [0.2, 0.25) is 12.7 Å². The quantitative estimate of drug-likeness (QED) is 0.745. The van der Waals surface area contributed by atoms with Gasteiger partial charge in [0.05, 0.1) is 18.2 Å². The molecule has 7 nitrogen and oxygen atoms in total. The van der Waals surface area contributed by atoms with Gasteiger partial charge < -0.3 is 14.4 Å². The number of ether oxygens (including phenoxy) is 2. The maximum atomic E-state index is 13.0. The molecule has 0 bridgehead atoms. The van der Waals surface area contributed by atoms with Crippen LogP contribution in [0.1, 0.15) is 12.0 Å². The van der Waals surface area contributed by atoms with Crippen molar-refractivity contribution in [3.63, 3.8) is 0 Å². The Hall–Kier alpha value is -3.06. The van der Waals surface area contributed by atoms with Crippen molar-refractivity contribution in [3.8, 4) is 11.5 Å². The first-order chi connectivity index (χ1) is 14.1. The summed E-state index contributed by atoms with van der Waals surface area (Å²) in [6, 6.07) is 13.1. The van der Waals surface area contributed by atoms with Gasteiger partial charge in [-0.25, -0.2) is 4.90 Å². The summed E-state index contributed by atoms with van der Waals surface area (Å²) in [5.74, 6) is 1.31. The molecule has 5 rings (SSSR count). The summed E-state index contributed by atoms with van der Waals surface area (Å²) in [5.41, 5.74) is 2.79. The number of hydrogen-bond donors (Lipinski definition) is 0. The molecule has 2 amide bonds. The average Bonchev–Trinajstić information content (AvgIpc) is 3.31. The number of fused-ring (bicyclic) bond motifs is 1. The molecule has 2 saturated heterocycles. The van der Waals surface area contributed by atoms with E-state index < -0.39 is 0 Å². The van der Waals surface area contributed by atoms with E-state index in [1.807, 2.05) is 49.4 Å². The molecule has 0 aliphatic carbocycles. The van der Waals surface area contributed by atoms with Gasteiger partial charge in [-0.3, -0.25) is 14.5 Å². The zero-order valence-electron chi connectivity index (χ0n) is 16.3. The molecule has 2 fully saturated rings. The zero-order chi connectivity index (χ0) is 20.0. The Kier molecular flexibility index (Phi) is 4.39. The first kappa shape index (κ1) is 18.0. The number of amides is 2. The summed E-state index contributed by atoms with van der Waals surface area (Å²) in [7, 11) is 0. The van der Waals surface area contributed by atoms with Gasteiger partial charge in [-0.05, 0) is 36.8 Å². The Morgan fingerprint density at radius 1 is 0.897 bits per heavy atom. The fraction of sp³-hybridized carbons (Fsp3) is 0.364. The highest BCUT2D eigenvalue weighted by Gasteiger charge is 2.43. The molecule has 3 aliphatic rings. The molecule has 150 valence electrons. The lowest BCUT2D eigenvalue weighted by Gasteiger charge is -2.38. The summed E-state index contributed by atoms with van der Waals surface area (Å²) in [5, 5.41) is 0. The first-order valence-corrected chi connectivity index (χ1v) is 9.92. The predicted octanol–water partition coefficient (Wildman–Crippen LogP) is 2.18. The third-order valence-electron chi connectivity index (χ3n) is 5.86. The monoisotopic (exact) mass is 393 g/mol. The standard InChI is InChI=1S/C22H23N3O4/c1-15-3-2-4-17(11-15)25-21(26)13-18(22(25)27)24-9-7-23(8-10-24)16-5-6-19-20(12-16)29-14-28-19/h2-6,11-12,18H,7-10,13-14H2,1H3/t18-/m1/s1. The average molecular weight is 393 g/mol. The lowest BCUT2D eigenvalue weighted by atomic mass is 10.1.